The van der Waals surface area contributed by atoms with Gasteiger partial charge in [0.1, 0.15) is 5.69 Å². The van der Waals surface area contributed by atoms with Crippen molar-refractivity contribution in [3.8, 4) is 5.82 Å². The summed E-state index contributed by atoms with van der Waals surface area (Å²) in [5.74, 6) is 0.520. The van der Waals surface area contributed by atoms with E-state index in [9.17, 15) is 4.79 Å². The van der Waals surface area contributed by atoms with E-state index in [0.29, 0.717) is 18.1 Å². The molecule has 3 rings (SSSR count). The Kier molecular flexibility index (Phi) is 3.91. The topological polar surface area (TPSA) is 72.7 Å². The van der Waals surface area contributed by atoms with E-state index in [1.54, 1.807) is 23.1 Å². The lowest BCUT2D eigenvalue weighted by atomic mass is 10.2. The summed E-state index contributed by atoms with van der Waals surface area (Å²) in [4.78, 5) is 20.5. The van der Waals surface area contributed by atoms with E-state index in [4.69, 9.17) is 0 Å². The summed E-state index contributed by atoms with van der Waals surface area (Å²) in [7, 11) is 0. The molecule has 0 unspecified atom stereocenters. The highest BCUT2D eigenvalue weighted by atomic mass is 16.1. The van der Waals surface area contributed by atoms with E-state index >= 15 is 0 Å². The van der Waals surface area contributed by atoms with Crippen LogP contribution >= 0.6 is 0 Å². The fourth-order valence-corrected chi connectivity index (χ4v) is 2.04. The number of carbonyl (C=O) groups excluding carboxylic acids is 1. The third-order valence-corrected chi connectivity index (χ3v) is 3.12. The highest BCUT2D eigenvalue weighted by Gasteiger charge is 2.07. The highest BCUT2D eigenvalue weighted by molar-refractivity contribution is 5.92. The molecule has 6 nitrogen and oxygen atoms in total. The van der Waals surface area contributed by atoms with Crippen molar-refractivity contribution in [2.24, 2.45) is 0 Å². The number of nitrogens with one attached hydrogen (secondary N) is 1. The molecule has 1 amide bonds. The molecule has 0 fully saturated rings. The maximum Gasteiger partial charge on any atom is 0.270 e. The Bertz CT molecular complexity index is 783. The van der Waals surface area contributed by atoms with Gasteiger partial charge in [-0.1, -0.05) is 6.07 Å². The summed E-state index contributed by atoms with van der Waals surface area (Å²) >= 11 is 0. The lowest BCUT2D eigenvalue weighted by Gasteiger charge is -2.07. The molecule has 0 spiro atoms. The number of rotatable bonds is 4. The first-order valence-corrected chi connectivity index (χ1v) is 6.89. The Balaban J connectivity index is 1.69. The first-order chi connectivity index (χ1) is 10.7. The van der Waals surface area contributed by atoms with Crippen molar-refractivity contribution in [3.63, 3.8) is 0 Å². The van der Waals surface area contributed by atoms with Crippen LogP contribution in [-0.4, -0.2) is 25.7 Å². The van der Waals surface area contributed by atoms with Gasteiger partial charge in [0, 0.05) is 30.8 Å². The van der Waals surface area contributed by atoms with E-state index in [0.717, 1.165) is 11.3 Å². The van der Waals surface area contributed by atoms with Crippen molar-refractivity contribution in [1.29, 1.82) is 0 Å². The monoisotopic (exact) mass is 293 g/mol. The maximum absolute atomic E-state index is 12.1. The SMILES string of the molecule is Cc1cccc(C(=O)NCc2ccnc(-n3cccn3)c2)n1. The molecule has 0 saturated carbocycles. The fourth-order valence-electron chi connectivity index (χ4n) is 2.04. The van der Waals surface area contributed by atoms with Crippen LogP contribution in [0.4, 0.5) is 0 Å². The predicted octanol–water partition coefficient (Wildman–Crippen LogP) is 1.90. The van der Waals surface area contributed by atoms with Gasteiger partial charge in [0.2, 0.25) is 0 Å². The molecule has 1 N–H and O–H groups in total. The van der Waals surface area contributed by atoms with E-state index in [2.05, 4.69) is 20.4 Å². The Labute approximate surface area is 127 Å². The van der Waals surface area contributed by atoms with Crippen LogP contribution < -0.4 is 5.32 Å². The normalized spacial score (nSPS) is 10.4. The molecule has 0 saturated heterocycles. The molecule has 0 bridgehead atoms. The zero-order chi connectivity index (χ0) is 15.4. The van der Waals surface area contributed by atoms with Crippen molar-refractivity contribution in [1.82, 2.24) is 25.1 Å². The molecule has 0 aliphatic heterocycles. The quantitative estimate of drug-likeness (QED) is 0.797. The maximum atomic E-state index is 12.1. The van der Waals surface area contributed by atoms with Gasteiger partial charge in [-0.3, -0.25) is 4.79 Å². The second-order valence-electron chi connectivity index (χ2n) is 4.82. The van der Waals surface area contributed by atoms with Crippen molar-refractivity contribution in [2.75, 3.05) is 0 Å². The van der Waals surface area contributed by atoms with Gasteiger partial charge < -0.3 is 5.32 Å². The number of amides is 1. The summed E-state index contributed by atoms with van der Waals surface area (Å²) in [5, 5.41) is 6.99. The van der Waals surface area contributed by atoms with E-state index in [1.165, 1.54) is 0 Å². The Morgan fingerprint density at radius 1 is 1.23 bits per heavy atom. The Morgan fingerprint density at radius 3 is 2.91 bits per heavy atom. The fraction of sp³-hybridized carbons (Fsp3) is 0.125. The van der Waals surface area contributed by atoms with E-state index in [-0.39, 0.29) is 5.91 Å². The van der Waals surface area contributed by atoms with Gasteiger partial charge in [0.05, 0.1) is 0 Å². The van der Waals surface area contributed by atoms with Crippen molar-refractivity contribution in [2.45, 2.75) is 13.5 Å². The molecule has 22 heavy (non-hydrogen) atoms. The van der Waals surface area contributed by atoms with Crippen molar-refractivity contribution in [3.05, 3.63) is 71.9 Å². The van der Waals surface area contributed by atoms with Crippen LogP contribution in [0, 0.1) is 6.92 Å². The van der Waals surface area contributed by atoms with Gasteiger partial charge in [-0.25, -0.2) is 14.6 Å². The number of carbonyl (C=O) groups is 1. The van der Waals surface area contributed by atoms with Crippen LogP contribution in [0.5, 0.6) is 0 Å². The summed E-state index contributed by atoms with van der Waals surface area (Å²) in [6.07, 6.45) is 5.21. The third-order valence-electron chi connectivity index (χ3n) is 3.12. The minimum Gasteiger partial charge on any atom is -0.347 e. The highest BCUT2D eigenvalue weighted by Crippen LogP contribution is 2.06. The number of hydrogen-bond acceptors (Lipinski definition) is 4. The summed E-state index contributed by atoms with van der Waals surface area (Å²) in [5.41, 5.74) is 2.18. The summed E-state index contributed by atoms with van der Waals surface area (Å²) < 4.78 is 1.67. The summed E-state index contributed by atoms with van der Waals surface area (Å²) in [6.45, 7) is 2.27. The van der Waals surface area contributed by atoms with Gasteiger partial charge >= 0.3 is 0 Å². The summed E-state index contributed by atoms with van der Waals surface area (Å²) in [6, 6.07) is 11.0. The number of aromatic nitrogens is 4. The van der Waals surface area contributed by atoms with Gasteiger partial charge in [-0.05, 0) is 42.8 Å². The second kappa shape index (κ2) is 6.17. The first kappa shape index (κ1) is 13.9. The minimum absolute atomic E-state index is 0.193. The molecule has 0 aliphatic carbocycles. The largest absolute Gasteiger partial charge is 0.347 e. The molecule has 0 atom stereocenters. The molecule has 0 radical (unpaired) electrons. The van der Waals surface area contributed by atoms with Gasteiger partial charge in [-0.2, -0.15) is 5.10 Å². The standard InChI is InChI=1S/C16H15N5O/c1-12-4-2-5-14(20-12)16(22)18-11-13-6-8-17-15(10-13)21-9-3-7-19-21/h2-10H,11H2,1H3,(H,18,22). The number of nitrogens with zero attached hydrogens (tertiary/aromatic N) is 4. The van der Waals surface area contributed by atoms with Crippen molar-refractivity contribution >= 4 is 5.91 Å². The van der Waals surface area contributed by atoms with Crippen molar-refractivity contribution < 1.29 is 4.79 Å². The van der Waals surface area contributed by atoms with Crippen LogP contribution in [0.3, 0.4) is 0 Å². The van der Waals surface area contributed by atoms with Crippen LogP contribution in [0.1, 0.15) is 21.7 Å². The third kappa shape index (κ3) is 3.17. The zero-order valence-corrected chi connectivity index (χ0v) is 12.1. The van der Waals surface area contributed by atoms with E-state index < -0.39 is 0 Å². The first-order valence-electron chi connectivity index (χ1n) is 6.89. The molecule has 110 valence electrons. The Morgan fingerprint density at radius 2 is 2.14 bits per heavy atom. The molecule has 3 heterocycles. The smallest absolute Gasteiger partial charge is 0.270 e. The number of aryl methyl sites for hydroxylation is 1. The van der Waals surface area contributed by atoms with E-state index in [1.807, 2.05) is 43.5 Å². The van der Waals surface area contributed by atoms with Crippen LogP contribution in [0.25, 0.3) is 5.82 Å². The second-order valence-corrected chi connectivity index (χ2v) is 4.82. The Hall–Kier alpha value is -3.02. The minimum atomic E-state index is -0.193. The molecule has 3 aromatic rings. The lowest BCUT2D eigenvalue weighted by molar-refractivity contribution is 0.0945. The average Bonchev–Trinajstić information content (AvgIpc) is 3.07. The molecule has 3 aromatic heterocycles. The predicted molar refractivity (Wildman–Crippen MR) is 81.5 cm³/mol. The number of pyridine rings is 2. The van der Waals surface area contributed by atoms with Gasteiger partial charge in [0.25, 0.3) is 5.91 Å². The molecule has 0 aromatic carbocycles. The van der Waals surface area contributed by atoms with Gasteiger partial charge in [-0.15, -0.1) is 0 Å². The zero-order valence-electron chi connectivity index (χ0n) is 12.1. The van der Waals surface area contributed by atoms with Crippen LogP contribution in [-0.2, 0) is 6.54 Å². The number of hydrogen-bond donors (Lipinski definition) is 1. The van der Waals surface area contributed by atoms with Gasteiger partial charge in [0.15, 0.2) is 5.82 Å². The van der Waals surface area contributed by atoms with Crippen LogP contribution in [0.2, 0.25) is 0 Å². The lowest BCUT2D eigenvalue weighted by Crippen LogP contribution is -2.24. The molecule has 0 aliphatic rings. The molecular formula is C16H15N5O. The van der Waals surface area contributed by atoms with Crippen LogP contribution in [0.15, 0.2) is 55.0 Å². The average molecular weight is 293 g/mol. The molecule has 6 heteroatoms. The molecular weight excluding hydrogens is 278 g/mol.